The molecule has 0 aliphatic heterocycles. The lowest BCUT2D eigenvalue weighted by atomic mass is 10.1. The number of alkyl halides is 1. The second-order valence-corrected chi connectivity index (χ2v) is 8.37. The maximum absolute atomic E-state index is 13.6. The Bertz CT molecular complexity index is 1370. The average Bonchev–Trinajstić information content (AvgIpc) is 2.85. The van der Waals surface area contributed by atoms with Crippen molar-refractivity contribution >= 4 is 32.6 Å². The highest BCUT2D eigenvalue weighted by molar-refractivity contribution is 9.09. The van der Waals surface area contributed by atoms with Gasteiger partial charge in [0.2, 0.25) is 0 Å². The third-order valence-corrected chi connectivity index (χ3v) is 6.21. The highest BCUT2D eigenvalue weighted by Gasteiger charge is 2.18. The molecule has 2 heterocycles. The fourth-order valence-corrected chi connectivity index (χ4v) is 4.12. The van der Waals surface area contributed by atoms with Crippen molar-refractivity contribution in [2.45, 2.75) is 26.3 Å². The van der Waals surface area contributed by atoms with E-state index in [9.17, 15) is 9.59 Å². The van der Waals surface area contributed by atoms with Crippen LogP contribution in [0.25, 0.3) is 10.9 Å². The molecule has 0 atom stereocenters. The van der Waals surface area contributed by atoms with Gasteiger partial charge in [-0.25, -0.2) is 4.98 Å². The average molecular weight is 506 g/mol. The van der Waals surface area contributed by atoms with Crippen LogP contribution in [0.3, 0.4) is 0 Å². The zero-order valence-electron chi connectivity index (χ0n) is 18.5. The molecule has 0 bridgehead atoms. The van der Waals surface area contributed by atoms with Crippen LogP contribution in [0.2, 0.25) is 0 Å². The maximum atomic E-state index is 13.6. The van der Waals surface area contributed by atoms with Gasteiger partial charge in [-0.15, -0.1) is 0 Å². The molecule has 4 aromatic rings. The van der Waals surface area contributed by atoms with Gasteiger partial charge < -0.3 is 4.74 Å². The largest absolute Gasteiger partial charge is 0.497 e. The first-order chi connectivity index (χ1) is 16.0. The molecular weight excluding hydrogens is 482 g/mol. The van der Waals surface area contributed by atoms with Crippen LogP contribution in [-0.2, 0) is 19.4 Å². The predicted molar refractivity (Wildman–Crippen MR) is 133 cm³/mol. The van der Waals surface area contributed by atoms with E-state index in [-0.39, 0.29) is 22.4 Å². The van der Waals surface area contributed by atoms with Gasteiger partial charge in [0.15, 0.2) is 5.78 Å². The third kappa shape index (κ3) is 4.88. The van der Waals surface area contributed by atoms with Crippen molar-refractivity contribution in [1.29, 1.82) is 0 Å². The van der Waals surface area contributed by atoms with Crippen LogP contribution in [-0.4, -0.2) is 32.8 Å². The van der Waals surface area contributed by atoms with Crippen LogP contribution >= 0.6 is 15.9 Å². The number of pyridine rings is 1. The molecule has 0 N–H and O–H groups in total. The molecule has 2 aromatic carbocycles. The van der Waals surface area contributed by atoms with Crippen molar-refractivity contribution in [1.82, 2.24) is 14.5 Å². The van der Waals surface area contributed by atoms with Crippen molar-refractivity contribution in [2.75, 3.05) is 12.4 Å². The fraction of sp³-hybridized carbons (Fsp3) is 0.231. The van der Waals surface area contributed by atoms with E-state index in [0.717, 1.165) is 28.9 Å². The lowest BCUT2D eigenvalue weighted by molar-refractivity contribution is 0.102. The van der Waals surface area contributed by atoms with E-state index in [4.69, 9.17) is 9.72 Å². The highest BCUT2D eigenvalue weighted by atomic mass is 79.9. The number of ketones is 1. The van der Waals surface area contributed by atoms with Crippen LogP contribution in [0, 0.1) is 6.92 Å². The molecule has 0 aliphatic carbocycles. The van der Waals surface area contributed by atoms with Crippen molar-refractivity contribution in [3.8, 4) is 5.75 Å². The quantitative estimate of drug-likeness (QED) is 0.260. The van der Waals surface area contributed by atoms with Gasteiger partial charge in [0, 0.05) is 12.6 Å². The molecule has 6 nitrogen and oxygen atoms in total. The van der Waals surface area contributed by atoms with E-state index >= 15 is 0 Å². The van der Waals surface area contributed by atoms with Crippen molar-refractivity contribution < 1.29 is 9.53 Å². The number of carbonyl (C=O) groups excluding carboxylic acids is 1. The molecule has 0 saturated heterocycles. The van der Waals surface area contributed by atoms with E-state index in [0.29, 0.717) is 29.7 Å². The molecular formula is C26H24BrN3O3. The molecule has 0 radical (unpaired) electrons. The standard InChI is InChI=1S/C26H24BrN3O3/c1-17-14-20(33-2)10-9-19(17)16-30-23(11-8-18-6-4-3-5-7-18)29-24-21(26(30)32)12-13-28-25(24)22(31)15-27/h3-7,9-10,12-14H,8,11,15-16H2,1-2H3. The molecule has 33 heavy (non-hydrogen) atoms. The summed E-state index contributed by atoms with van der Waals surface area (Å²) in [5.41, 5.74) is 3.59. The molecule has 0 spiro atoms. The van der Waals surface area contributed by atoms with Crippen LogP contribution in [0.4, 0.5) is 0 Å². The molecule has 0 aliphatic rings. The van der Waals surface area contributed by atoms with Crippen molar-refractivity contribution in [3.05, 3.63) is 99.4 Å². The summed E-state index contributed by atoms with van der Waals surface area (Å²) in [6.45, 7) is 2.38. The molecule has 0 unspecified atom stereocenters. The highest BCUT2D eigenvalue weighted by Crippen LogP contribution is 2.20. The van der Waals surface area contributed by atoms with Gasteiger partial charge in [-0.3, -0.25) is 19.1 Å². The minimum Gasteiger partial charge on any atom is -0.497 e. The third-order valence-electron chi connectivity index (χ3n) is 5.70. The number of fused-ring (bicyclic) bond motifs is 1. The summed E-state index contributed by atoms with van der Waals surface area (Å²) in [6, 6.07) is 17.5. The molecule has 2 aromatic heterocycles. The molecule has 7 heteroatoms. The van der Waals surface area contributed by atoms with Crippen LogP contribution < -0.4 is 10.3 Å². The number of aryl methyl sites for hydroxylation is 3. The normalized spacial score (nSPS) is 11.0. The summed E-state index contributed by atoms with van der Waals surface area (Å²) in [6.07, 6.45) is 2.78. The van der Waals surface area contributed by atoms with Crippen LogP contribution in [0.5, 0.6) is 5.75 Å². The molecule has 0 fully saturated rings. The van der Waals surface area contributed by atoms with Crippen molar-refractivity contribution in [3.63, 3.8) is 0 Å². The topological polar surface area (TPSA) is 74.1 Å². The number of aromatic nitrogens is 3. The zero-order chi connectivity index (χ0) is 23.4. The Morgan fingerprint density at radius 1 is 1.09 bits per heavy atom. The Morgan fingerprint density at radius 3 is 2.58 bits per heavy atom. The Balaban J connectivity index is 1.84. The summed E-state index contributed by atoms with van der Waals surface area (Å²) >= 11 is 3.20. The van der Waals surface area contributed by atoms with Gasteiger partial charge >= 0.3 is 0 Å². The molecule has 4 rings (SSSR count). The fourth-order valence-electron chi connectivity index (χ4n) is 3.86. The number of hydrogen-bond donors (Lipinski definition) is 0. The van der Waals surface area contributed by atoms with E-state index in [1.54, 1.807) is 17.7 Å². The Kier molecular flexibility index (Phi) is 6.99. The SMILES string of the molecule is COc1ccc(Cn2c(CCc3ccccc3)nc3c(C(=O)CBr)nccc3c2=O)c(C)c1. The summed E-state index contributed by atoms with van der Waals surface area (Å²) in [4.78, 5) is 35.1. The van der Waals surface area contributed by atoms with Gasteiger partial charge in [0.25, 0.3) is 5.56 Å². The smallest absolute Gasteiger partial charge is 0.261 e. The summed E-state index contributed by atoms with van der Waals surface area (Å²) in [5.74, 6) is 1.20. The molecule has 0 amide bonds. The second-order valence-electron chi connectivity index (χ2n) is 7.81. The van der Waals surface area contributed by atoms with Gasteiger partial charge in [0.1, 0.15) is 22.8 Å². The first-order valence-electron chi connectivity index (χ1n) is 10.7. The van der Waals surface area contributed by atoms with Crippen molar-refractivity contribution in [2.24, 2.45) is 0 Å². The van der Waals surface area contributed by atoms with Crippen LogP contribution in [0.15, 0.2) is 65.6 Å². The Hall–Kier alpha value is -3.32. The molecule has 0 saturated carbocycles. The number of hydrogen-bond acceptors (Lipinski definition) is 5. The van der Waals surface area contributed by atoms with E-state index < -0.39 is 0 Å². The number of rotatable bonds is 8. The number of Topliss-reactive ketones (excluding diaryl/α,β-unsaturated/α-hetero) is 1. The summed E-state index contributed by atoms with van der Waals surface area (Å²) < 4.78 is 7.03. The van der Waals surface area contributed by atoms with E-state index in [1.807, 2.05) is 43.3 Å². The number of benzene rings is 2. The van der Waals surface area contributed by atoms with Crippen LogP contribution in [0.1, 0.15) is 33.0 Å². The molecule has 168 valence electrons. The Labute approximate surface area is 200 Å². The van der Waals surface area contributed by atoms with Gasteiger partial charge in [-0.1, -0.05) is 52.3 Å². The van der Waals surface area contributed by atoms with E-state index in [2.05, 4.69) is 33.0 Å². The lowest BCUT2D eigenvalue weighted by Gasteiger charge is -2.16. The summed E-state index contributed by atoms with van der Waals surface area (Å²) in [7, 11) is 1.63. The summed E-state index contributed by atoms with van der Waals surface area (Å²) in [5, 5.41) is 0.512. The maximum Gasteiger partial charge on any atom is 0.261 e. The first kappa shape index (κ1) is 22.9. The van der Waals surface area contributed by atoms with Gasteiger partial charge in [0.05, 0.1) is 24.4 Å². The number of halogens is 1. The number of carbonyl (C=O) groups is 1. The van der Waals surface area contributed by atoms with E-state index in [1.165, 1.54) is 6.20 Å². The second kappa shape index (κ2) is 10.1. The lowest BCUT2D eigenvalue weighted by Crippen LogP contribution is -2.27. The first-order valence-corrected chi connectivity index (χ1v) is 11.8. The number of methoxy groups -OCH3 is 1. The minimum atomic E-state index is -0.203. The predicted octanol–water partition coefficient (Wildman–Crippen LogP) is 4.52. The monoisotopic (exact) mass is 505 g/mol. The van der Waals surface area contributed by atoms with Gasteiger partial charge in [-0.05, 0) is 48.2 Å². The van der Waals surface area contributed by atoms with Gasteiger partial charge in [-0.2, -0.15) is 0 Å². The number of ether oxygens (including phenoxy) is 1. The minimum absolute atomic E-state index is 0.119. The number of nitrogens with zero attached hydrogens (tertiary/aromatic N) is 3. The Morgan fingerprint density at radius 2 is 1.88 bits per heavy atom. The zero-order valence-corrected chi connectivity index (χ0v) is 20.1.